The van der Waals surface area contributed by atoms with Crippen molar-refractivity contribution < 1.29 is 9.90 Å². The van der Waals surface area contributed by atoms with Crippen molar-refractivity contribution in [1.29, 1.82) is 0 Å². The van der Waals surface area contributed by atoms with Gasteiger partial charge in [0.25, 0.3) is 0 Å². The van der Waals surface area contributed by atoms with Crippen LogP contribution in [0.25, 0.3) is 0 Å². The summed E-state index contributed by atoms with van der Waals surface area (Å²) in [5.74, 6) is -0.0327. The maximum absolute atomic E-state index is 10.6. The Bertz CT molecular complexity index is 352. The molecule has 1 heterocycles. The SMILES string of the molecule is CCCc1nc(C)c(CC(=O)O)c(C)n1. The van der Waals surface area contributed by atoms with Gasteiger partial charge in [0.2, 0.25) is 0 Å². The van der Waals surface area contributed by atoms with Gasteiger partial charge in [0.05, 0.1) is 6.42 Å². The fourth-order valence-electron chi connectivity index (χ4n) is 1.55. The van der Waals surface area contributed by atoms with Crippen molar-refractivity contribution in [3.63, 3.8) is 0 Å². The molecule has 0 aliphatic heterocycles. The molecule has 0 radical (unpaired) electrons. The molecule has 0 aromatic carbocycles. The molecule has 0 atom stereocenters. The molecule has 0 unspecified atom stereocenters. The molecule has 4 nitrogen and oxygen atoms in total. The van der Waals surface area contributed by atoms with Crippen LogP contribution in [0.1, 0.15) is 36.1 Å². The minimum Gasteiger partial charge on any atom is -0.481 e. The Hall–Kier alpha value is -1.45. The first-order valence-corrected chi connectivity index (χ1v) is 5.09. The Labute approximate surface area is 89.4 Å². The quantitative estimate of drug-likeness (QED) is 0.817. The minimum absolute atomic E-state index is 0.00404. The van der Waals surface area contributed by atoms with Crippen LogP contribution < -0.4 is 0 Å². The Morgan fingerprint density at radius 2 is 1.80 bits per heavy atom. The van der Waals surface area contributed by atoms with E-state index in [0.717, 1.165) is 35.6 Å². The largest absolute Gasteiger partial charge is 0.481 e. The number of rotatable bonds is 4. The van der Waals surface area contributed by atoms with Crippen molar-refractivity contribution in [2.24, 2.45) is 0 Å². The second kappa shape index (κ2) is 4.87. The standard InChI is InChI=1S/C11H16N2O2/c1-4-5-10-12-7(2)9(6-11(14)15)8(3)13-10/h4-6H2,1-3H3,(H,14,15). The van der Waals surface area contributed by atoms with Gasteiger partial charge in [-0.15, -0.1) is 0 Å². The van der Waals surface area contributed by atoms with E-state index in [0.29, 0.717) is 0 Å². The van der Waals surface area contributed by atoms with Crippen molar-refractivity contribution in [3.8, 4) is 0 Å². The molecule has 0 spiro atoms. The van der Waals surface area contributed by atoms with E-state index in [1.807, 2.05) is 13.8 Å². The predicted molar refractivity (Wildman–Crippen MR) is 56.8 cm³/mol. The van der Waals surface area contributed by atoms with Gasteiger partial charge in [0.1, 0.15) is 5.82 Å². The van der Waals surface area contributed by atoms with Crippen LogP contribution in [-0.4, -0.2) is 21.0 Å². The van der Waals surface area contributed by atoms with E-state index >= 15 is 0 Å². The van der Waals surface area contributed by atoms with Crippen molar-refractivity contribution in [2.75, 3.05) is 0 Å². The number of aromatic nitrogens is 2. The number of carboxylic acid groups (broad SMARTS) is 1. The van der Waals surface area contributed by atoms with Gasteiger partial charge < -0.3 is 5.11 Å². The molecule has 0 bridgehead atoms. The van der Waals surface area contributed by atoms with Gasteiger partial charge in [-0.1, -0.05) is 6.92 Å². The molecule has 1 aromatic heterocycles. The van der Waals surface area contributed by atoms with Crippen LogP contribution in [0.2, 0.25) is 0 Å². The summed E-state index contributed by atoms with van der Waals surface area (Å²) >= 11 is 0. The summed E-state index contributed by atoms with van der Waals surface area (Å²) in [7, 11) is 0. The zero-order valence-electron chi connectivity index (χ0n) is 9.37. The lowest BCUT2D eigenvalue weighted by Gasteiger charge is -2.08. The first kappa shape index (κ1) is 11.6. The molecular formula is C11H16N2O2. The van der Waals surface area contributed by atoms with Gasteiger partial charge in [0.15, 0.2) is 0 Å². The van der Waals surface area contributed by atoms with Crippen LogP contribution in [0, 0.1) is 13.8 Å². The van der Waals surface area contributed by atoms with Crippen LogP contribution >= 0.6 is 0 Å². The zero-order chi connectivity index (χ0) is 11.4. The van der Waals surface area contributed by atoms with E-state index in [2.05, 4.69) is 16.9 Å². The Kier molecular flexibility index (Phi) is 3.77. The molecule has 82 valence electrons. The van der Waals surface area contributed by atoms with E-state index in [9.17, 15) is 4.79 Å². The molecule has 0 aliphatic rings. The Balaban J connectivity index is 3.03. The first-order chi connectivity index (χ1) is 7.04. The van der Waals surface area contributed by atoms with Gasteiger partial charge in [-0.3, -0.25) is 4.79 Å². The van der Waals surface area contributed by atoms with Gasteiger partial charge in [0, 0.05) is 23.4 Å². The summed E-state index contributed by atoms with van der Waals surface area (Å²) in [4.78, 5) is 19.2. The Morgan fingerprint density at radius 3 is 2.20 bits per heavy atom. The second-order valence-electron chi connectivity index (χ2n) is 3.61. The van der Waals surface area contributed by atoms with Crippen LogP contribution in [0.5, 0.6) is 0 Å². The highest BCUT2D eigenvalue weighted by Crippen LogP contribution is 2.11. The molecule has 1 aromatic rings. The highest BCUT2D eigenvalue weighted by atomic mass is 16.4. The monoisotopic (exact) mass is 208 g/mol. The fourth-order valence-corrected chi connectivity index (χ4v) is 1.55. The summed E-state index contributed by atoms with van der Waals surface area (Å²) in [6.45, 7) is 5.75. The lowest BCUT2D eigenvalue weighted by atomic mass is 10.1. The molecule has 4 heteroatoms. The van der Waals surface area contributed by atoms with Gasteiger partial charge in [-0.25, -0.2) is 9.97 Å². The van der Waals surface area contributed by atoms with Crippen molar-refractivity contribution in [3.05, 3.63) is 22.8 Å². The van der Waals surface area contributed by atoms with E-state index in [-0.39, 0.29) is 6.42 Å². The number of carbonyl (C=O) groups is 1. The fraction of sp³-hybridized carbons (Fsp3) is 0.545. The van der Waals surface area contributed by atoms with E-state index < -0.39 is 5.97 Å². The number of nitrogens with zero attached hydrogens (tertiary/aromatic N) is 2. The van der Waals surface area contributed by atoms with Gasteiger partial charge in [-0.2, -0.15) is 0 Å². The summed E-state index contributed by atoms with van der Waals surface area (Å²) in [5, 5.41) is 8.73. The number of hydrogen-bond donors (Lipinski definition) is 1. The topological polar surface area (TPSA) is 63.1 Å². The van der Waals surface area contributed by atoms with E-state index in [1.165, 1.54) is 0 Å². The second-order valence-corrected chi connectivity index (χ2v) is 3.61. The van der Waals surface area contributed by atoms with Crippen LogP contribution in [0.4, 0.5) is 0 Å². The van der Waals surface area contributed by atoms with Crippen LogP contribution in [0.3, 0.4) is 0 Å². The zero-order valence-corrected chi connectivity index (χ0v) is 9.37. The molecule has 0 amide bonds. The molecule has 0 saturated heterocycles. The molecule has 0 aliphatic carbocycles. The molecule has 0 saturated carbocycles. The maximum atomic E-state index is 10.6. The third-order valence-electron chi connectivity index (χ3n) is 2.27. The lowest BCUT2D eigenvalue weighted by Crippen LogP contribution is -2.09. The molecule has 0 fully saturated rings. The van der Waals surface area contributed by atoms with E-state index in [1.54, 1.807) is 0 Å². The molecule has 1 rings (SSSR count). The highest BCUT2D eigenvalue weighted by Gasteiger charge is 2.11. The summed E-state index contributed by atoms with van der Waals surface area (Å²) in [6, 6.07) is 0. The van der Waals surface area contributed by atoms with Gasteiger partial charge >= 0.3 is 5.97 Å². The number of hydrogen-bond acceptors (Lipinski definition) is 3. The number of aliphatic carboxylic acids is 1. The highest BCUT2D eigenvalue weighted by molar-refractivity contribution is 5.70. The average molecular weight is 208 g/mol. The molecular weight excluding hydrogens is 192 g/mol. The number of carboxylic acids is 1. The lowest BCUT2D eigenvalue weighted by molar-refractivity contribution is -0.136. The minimum atomic E-state index is -0.840. The molecule has 1 N–H and O–H groups in total. The smallest absolute Gasteiger partial charge is 0.307 e. The first-order valence-electron chi connectivity index (χ1n) is 5.09. The van der Waals surface area contributed by atoms with Gasteiger partial charge in [-0.05, 0) is 20.3 Å². The van der Waals surface area contributed by atoms with E-state index in [4.69, 9.17) is 5.11 Å². The average Bonchev–Trinajstić information content (AvgIpc) is 2.11. The third kappa shape index (κ3) is 3.01. The summed E-state index contributed by atoms with van der Waals surface area (Å²) in [6.07, 6.45) is 1.84. The van der Waals surface area contributed by atoms with Crippen LogP contribution in [0.15, 0.2) is 0 Å². The van der Waals surface area contributed by atoms with Crippen molar-refractivity contribution >= 4 is 5.97 Å². The summed E-state index contributed by atoms with van der Waals surface area (Å²) in [5.41, 5.74) is 2.31. The Morgan fingerprint density at radius 1 is 1.27 bits per heavy atom. The van der Waals surface area contributed by atoms with Crippen molar-refractivity contribution in [2.45, 2.75) is 40.0 Å². The number of aryl methyl sites for hydroxylation is 3. The predicted octanol–water partition coefficient (Wildman–Crippen LogP) is 1.67. The van der Waals surface area contributed by atoms with Crippen LogP contribution in [-0.2, 0) is 17.6 Å². The van der Waals surface area contributed by atoms with Crippen molar-refractivity contribution in [1.82, 2.24) is 9.97 Å². The molecule has 15 heavy (non-hydrogen) atoms. The third-order valence-corrected chi connectivity index (χ3v) is 2.27. The maximum Gasteiger partial charge on any atom is 0.307 e. The normalized spacial score (nSPS) is 10.3. The summed E-state index contributed by atoms with van der Waals surface area (Å²) < 4.78 is 0.